The molecule has 1 aliphatic heterocycles. The van der Waals surface area contributed by atoms with Crippen LogP contribution in [0, 0.1) is 5.82 Å². The minimum Gasteiger partial charge on any atom is -0.495 e. The Labute approximate surface area is 169 Å². The Morgan fingerprint density at radius 3 is 2.72 bits per heavy atom. The summed E-state index contributed by atoms with van der Waals surface area (Å²) in [7, 11) is 1.57. The van der Waals surface area contributed by atoms with E-state index in [1.165, 1.54) is 6.07 Å². The summed E-state index contributed by atoms with van der Waals surface area (Å²) in [5.74, 6) is 0.0135. The number of amides is 1. The molecule has 0 atom stereocenters. The maximum Gasteiger partial charge on any atom is 0.259 e. The minimum atomic E-state index is -0.319. The molecular weight excluding hydrogens is 375 g/mol. The lowest BCUT2D eigenvalue weighted by Crippen LogP contribution is -2.36. The molecule has 1 heterocycles. The van der Waals surface area contributed by atoms with E-state index in [1.54, 1.807) is 32.2 Å². The van der Waals surface area contributed by atoms with Crippen LogP contribution in [0.3, 0.4) is 0 Å². The number of nitrogens with zero attached hydrogens (tertiary/aromatic N) is 2. The second kappa shape index (κ2) is 9.88. The van der Waals surface area contributed by atoms with E-state index in [0.717, 1.165) is 0 Å². The van der Waals surface area contributed by atoms with Crippen molar-refractivity contribution in [2.24, 2.45) is 5.10 Å². The summed E-state index contributed by atoms with van der Waals surface area (Å²) < 4.78 is 25.1. The highest BCUT2D eigenvalue weighted by Gasteiger charge is 2.16. The number of nitrogens with one attached hydrogen (secondary N) is 2. The molecule has 0 aromatic heterocycles. The number of hydrogen-bond acceptors (Lipinski definition) is 6. The van der Waals surface area contributed by atoms with Gasteiger partial charge in [-0.25, -0.2) is 9.82 Å². The van der Waals surface area contributed by atoms with Crippen molar-refractivity contribution in [2.75, 3.05) is 50.2 Å². The first kappa shape index (κ1) is 20.6. The number of anilines is 2. The minimum absolute atomic E-state index is 0.0292. The zero-order valence-corrected chi connectivity index (χ0v) is 16.6. The van der Waals surface area contributed by atoms with Crippen LogP contribution in [0.25, 0.3) is 0 Å². The van der Waals surface area contributed by atoms with Crippen LogP contribution in [0.4, 0.5) is 15.8 Å². The number of methoxy groups -OCH3 is 1. The van der Waals surface area contributed by atoms with Gasteiger partial charge < -0.3 is 19.7 Å². The van der Waals surface area contributed by atoms with Crippen molar-refractivity contribution >= 4 is 23.0 Å². The van der Waals surface area contributed by atoms with Crippen LogP contribution in [-0.2, 0) is 9.53 Å². The van der Waals surface area contributed by atoms with Gasteiger partial charge in [-0.05, 0) is 31.2 Å². The highest BCUT2D eigenvalue weighted by molar-refractivity contribution is 5.99. The number of morpholine rings is 1. The standard InChI is InChI=1S/C21H25FN4O3/c1-15(16-7-8-19(17(22)13-16)26-9-11-29-12-10-26)24-25-21(27)14-23-18-5-3-4-6-20(18)28-2/h3-8,13,23H,9-12,14H2,1-2H3,(H,25,27)/b24-15-. The van der Waals surface area contributed by atoms with E-state index in [2.05, 4.69) is 15.8 Å². The number of ether oxygens (including phenoxy) is 2. The molecule has 0 bridgehead atoms. The molecule has 2 N–H and O–H groups in total. The maximum absolute atomic E-state index is 14.5. The number of carbonyl (C=O) groups excluding carboxylic acids is 1. The van der Waals surface area contributed by atoms with Crippen LogP contribution in [0.15, 0.2) is 47.6 Å². The van der Waals surface area contributed by atoms with Crippen molar-refractivity contribution in [2.45, 2.75) is 6.92 Å². The Morgan fingerprint density at radius 1 is 1.24 bits per heavy atom. The summed E-state index contributed by atoms with van der Waals surface area (Å²) in [6, 6.07) is 12.3. The van der Waals surface area contributed by atoms with Crippen LogP contribution in [0.2, 0.25) is 0 Å². The average molecular weight is 400 g/mol. The Bertz CT molecular complexity index is 882. The van der Waals surface area contributed by atoms with Crippen molar-refractivity contribution in [3.63, 3.8) is 0 Å². The van der Waals surface area contributed by atoms with E-state index < -0.39 is 0 Å². The van der Waals surface area contributed by atoms with Gasteiger partial charge in [0.2, 0.25) is 0 Å². The Hall–Kier alpha value is -3.13. The highest BCUT2D eigenvalue weighted by atomic mass is 19.1. The van der Waals surface area contributed by atoms with Gasteiger partial charge in [0.15, 0.2) is 0 Å². The molecule has 3 rings (SSSR count). The fraction of sp³-hybridized carbons (Fsp3) is 0.333. The molecule has 2 aromatic carbocycles. The molecule has 2 aromatic rings. The molecule has 1 aliphatic rings. The van der Waals surface area contributed by atoms with Crippen LogP contribution in [-0.4, -0.2) is 51.6 Å². The van der Waals surface area contributed by atoms with Gasteiger partial charge in [0.25, 0.3) is 5.91 Å². The average Bonchev–Trinajstić information content (AvgIpc) is 2.76. The van der Waals surface area contributed by atoms with Crippen LogP contribution in [0.1, 0.15) is 12.5 Å². The van der Waals surface area contributed by atoms with Gasteiger partial charge >= 0.3 is 0 Å². The van der Waals surface area contributed by atoms with Gasteiger partial charge in [0.1, 0.15) is 11.6 Å². The van der Waals surface area contributed by atoms with Crippen molar-refractivity contribution in [1.29, 1.82) is 0 Å². The molecule has 0 radical (unpaired) electrons. The molecule has 7 nitrogen and oxygen atoms in total. The molecule has 29 heavy (non-hydrogen) atoms. The van der Waals surface area contributed by atoms with E-state index in [-0.39, 0.29) is 18.3 Å². The fourth-order valence-corrected chi connectivity index (χ4v) is 3.01. The SMILES string of the molecule is COc1ccccc1NCC(=O)N/N=C(/C)c1ccc(N2CCOCC2)c(F)c1. The normalized spacial score (nSPS) is 14.4. The van der Waals surface area contributed by atoms with Gasteiger partial charge in [0.05, 0.1) is 44.0 Å². The lowest BCUT2D eigenvalue weighted by molar-refractivity contribution is -0.119. The second-order valence-corrected chi connectivity index (χ2v) is 6.55. The Kier molecular flexibility index (Phi) is 7.02. The number of benzene rings is 2. The smallest absolute Gasteiger partial charge is 0.259 e. The lowest BCUT2D eigenvalue weighted by Gasteiger charge is -2.29. The third-order valence-electron chi connectivity index (χ3n) is 4.61. The Morgan fingerprint density at radius 2 is 2.00 bits per heavy atom. The van der Waals surface area contributed by atoms with E-state index in [9.17, 15) is 9.18 Å². The molecule has 1 saturated heterocycles. The van der Waals surface area contributed by atoms with Crippen LogP contribution >= 0.6 is 0 Å². The number of carbonyl (C=O) groups is 1. The molecule has 0 saturated carbocycles. The topological polar surface area (TPSA) is 75.2 Å². The lowest BCUT2D eigenvalue weighted by atomic mass is 10.1. The van der Waals surface area contributed by atoms with Gasteiger partial charge in [-0.1, -0.05) is 18.2 Å². The Balaban J connectivity index is 1.57. The molecule has 0 aliphatic carbocycles. The predicted octanol–water partition coefficient (Wildman–Crippen LogP) is 2.62. The summed E-state index contributed by atoms with van der Waals surface area (Å²) in [5, 5.41) is 7.08. The van der Waals surface area contributed by atoms with Crippen LogP contribution in [0.5, 0.6) is 5.75 Å². The molecule has 1 amide bonds. The third-order valence-corrected chi connectivity index (χ3v) is 4.61. The van der Waals surface area contributed by atoms with E-state index in [1.807, 2.05) is 23.1 Å². The molecular formula is C21H25FN4O3. The number of hydrogen-bond donors (Lipinski definition) is 2. The summed E-state index contributed by atoms with van der Waals surface area (Å²) in [4.78, 5) is 14.0. The zero-order chi connectivity index (χ0) is 20.6. The number of para-hydroxylation sites is 2. The molecule has 0 spiro atoms. The van der Waals surface area contributed by atoms with Gasteiger partial charge in [-0.2, -0.15) is 5.10 Å². The van der Waals surface area contributed by atoms with Gasteiger partial charge in [-0.3, -0.25) is 4.79 Å². The predicted molar refractivity (Wildman–Crippen MR) is 111 cm³/mol. The summed E-state index contributed by atoms with van der Waals surface area (Å²) >= 11 is 0. The molecule has 0 unspecified atom stereocenters. The highest BCUT2D eigenvalue weighted by Crippen LogP contribution is 2.23. The third kappa shape index (κ3) is 5.45. The number of halogens is 1. The van der Waals surface area contributed by atoms with Crippen molar-refractivity contribution < 1.29 is 18.7 Å². The monoisotopic (exact) mass is 400 g/mol. The number of hydrazone groups is 1. The number of rotatable bonds is 7. The molecule has 1 fully saturated rings. The van der Waals surface area contributed by atoms with E-state index in [0.29, 0.717) is 54.7 Å². The van der Waals surface area contributed by atoms with Crippen molar-refractivity contribution in [1.82, 2.24) is 5.43 Å². The van der Waals surface area contributed by atoms with Crippen molar-refractivity contribution in [3.8, 4) is 5.75 Å². The second-order valence-electron chi connectivity index (χ2n) is 6.55. The first-order chi connectivity index (χ1) is 14.1. The fourth-order valence-electron chi connectivity index (χ4n) is 3.01. The summed E-state index contributed by atoms with van der Waals surface area (Å²) in [6.45, 7) is 4.27. The zero-order valence-electron chi connectivity index (χ0n) is 16.6. The first-order valence-corrected chi connectivity index (χ1v) is 9.41. The molecule has 8 heteroatoms. The van der Waals surface area contributed by atoms with E-state index >= 15 is 0 Å². The quantitative estimate of drug-likeness (QED) is 0.552. The largest absolute Gasteiger partial charge is 0.495 e. The van der Waals surface area contributed by atoms with E-state index in [4.69, 9.17) is 9.47 Å². The first-order valence-electron chi connectivity index (χ1n) is 9.41. The summed E-state index contributed by atoms with van der Waals surface area (Å²) in [5.41, 5.74) is 4.87. The van der Waals surface area contributed by atoms with Gasteiger partial charge in [-0.15, -0.1) is 0 Å². The van der Waals surface area contributed by atoms with Crippen LogP contribution < -0.4 is 20.4 Å². The summed E-state index contributed by atoms with van der Waals surface area (Å²) in [6.07, 6.45) is 0. The van der Waals surface area contributed by atoms with Crippen molar-refractivity contribution in [3.05, 3.63) is 53.8 Å². The molecule has 154 valence electrons. The maximum atomic E-state index is 14.5. The van der Waals surface area contributed by atoms with Gasteiger partial charge in [0, 0.05) is 18.7 Å².